The van der Waals surface area contributed by atoms with Crippen LogP contribution in [0.4, 0.5) is 10.6 Å². The summed E-state index contributed by atoms with van der Waals surface area (Å²) < 4.78 is 0. The first-order valence-corrected chi connectivity index (χ1v) is 8.30. The van der Waals surface area contributed by atoms with Crippen molar-refractivity contribution < 1.29 is 4.79 Å². The monoisotopic (exact) mass is 323 g/mol. The number of piperidine rings is 1. The van der Waals surface area contributed by atoms with Crippen molar-refractivity contribution in [2.24, 2.45) is 0 Å². The lowest BCUT2D eigenvalue weighted by atomic mass is 10.0. The third-order valence-corrected chi connectivity index (χ3v) is 4.74. The molecule has 6 nitrogen and oxygen atoms in total. The molecular formula is C15H22ClN5O. The number of urea groups is 1. The summed E-state index contributed by atoms with van der Waals surface area (Å²) >= 11 is 6.29. The Labute approximate surface area is 135 Å². The van der Waals surface area contributed by atoms with E-state index in [-0.39, 0.29) is 12.1 Å². The predicted octanol–water partition coefficient (Wildman–Crippen LogP) is 1.99. The minimum atomic E-state index is 0.0551. The molecule has 1 aromatic heterocycles. The highest BCUT2D eigenvalue weighted by Crippen LogP contribution is 2.28. The fraction of sp³-hybridized carbons (Fsp3) is 0.667. The maximum absolute atomic E-state index is 11.9. The van der Waals surface area contributed by atoms with Gasteiger partial charge in [-0.15, -0.1) is 0 Å². The highest BCUT2D eigenvalue weighted by molar-refractivity contribution is 6.30. The van der Waals surface area contributed by atoms with Gasteiger partial charge in [0.15, 0.2) is 0 Å². The molecule has 2 amide bonds. The van der Waals surface area contributed by atoms with Crippen LogP contribution in [0.5, 0.6) is 0 Å². The Bertz CT molecular complexity index is 579. The quantitative estimate of drug-likeness (QED) is 0.864. The summed E-state index contributed by atoms with van der Waals surface area (Å²) in [6.07, 6.45) is 2.90. The van der Waals surface area contributed by atoms with Crippen LogP contribution in [0.1, 0.15) is 31.2 Å². The molecule has 0 aromatic carbocycles. The summed E-state index contributed by atoms with van der Waals surface area (Å²) in [5.41, 5.74) is 0.999. The second-order valence-electron chi connectivity index (χ2n) is 5.88. The first kappa shape index (κ1) is 15.3. The SMILES string of the molecule is CCc1c(Cl)nc(C)nc1N1CCC[C@H](N2CCNC2=O)C1. The first-order valence-electron chi connectivity index (χ1n) is 7.92. The van der Waals surface area contributed by atoms with Gasteiger partial charge in [-0.05, 0) is 26.2 Å². The molecule has 22 heavy (non-hydrogen) atoms. The molecule has 1 atom stereocenters. The third kappa shape index (κ3) is 2.84. The lowest BCUT2D eigenvalue weighted by molar-refractivity contribution is 0.189. The molecule has 0 bridgehead atoms. The summed E-state index contributed by atoms with van der Waals surface area (Å²) in [5, 5.41) is 3.43. The van der Waals surface area contributed by atoms with Gasteiger partial charge in [0.1, 0.15) is 16.8 Å². The molecule has 120 valence electrons. The van der Waals surface area contributed by atoms with Gasteiger partial charge in [0, 0.05) is 31.7 Å². The number of rotatable bonds is 3. The molecule has 0 radical (unpaired) electrons. The van der Waals surface area contributed by atoms with Gasteiger partial charge in [0.05, 0.1) is 6.04 Å². The van der Waals surface area contributed by atoms with Crippen molar-refractivity contribution in [1.29, 1.82) is 0 Å². The predicted molar refractivity (Wildman–Crippen MR) is 86.5 cm³/mol. The van der Waals surface area contributed by atoms with Crippen molar-refractivity contribution in [1.82, 2.24) is 20.2 Å². The third-order valence-electron chi connectivity index (χ3n) is 4.43. The van der Waals surface area contributed by atoms with Crippen molar-refractivity contribution in [3.05, 3.63) is 16.5 Å². The standard InChI is InChI=1S/C15H22ClN5O/c1-3-12-13(16)18-10(2)19-14(12)20-7-4-5-11(9-20)21-8-6-17-15(21)22/h11H,3-9H2,1-2H3,(H,17,22)/t11-/m0/s1. The van der Waals surface area contributed by atoms with Gasteiger partial charge in [-0.3, -0.25) is 0 Å². The van der Waals surface area contributed by atoms with E-state index < -0.39 is 0 Å². The van der Waals surface area contributed by atoms with Gasteiger partial charge in [-0.25, -0.2) is 14.8 Å². The molecule has 2 aliphatic heterocycles. The second-order valence-corrected chi connectivity index (χ2v) is 6.24. The largest absolute Gasteiger partial charge is 0.354 e. The number of carbonyl (C=O) groups excluding carboxylic acids is 1. The highest BCUT2D eigenvalue weighted by atomic mass is 35.5. The Morgan fingerprint density at radius 2 is 2.18 bits per heavy atom. The Balaban J connectivity index is 1.84. The van der Waals surface area contributed by atoms with E-state index in [1.807, 2.05) is 11.8 Å². The van der Waals surface area contributed by atoms with Gasteiger partial charge in [-0.2, -0.15) is 0 Å². The average molecular weight is 324 g/mol. The van der Waals surface area contributed by atoms with Gasteiger partial charge < -0.3 is 15.1 Å². The van der Waals surface area contributed by atoms with Crippen LogP contribution in [0.2, 0.25) is 5.15 Å². The molecule has 0 aliphatic carbocycles. The molecule has 0 spiro atoms. The van der Waals surface area contributed by atoms with Crippen molar-refractivity contribution in [2.75, 3.05) is 31.1 Å². The topological polar surface area (TPSA) is 61.4 Å². The van der Waals surface area contributed by atoms with Crippen LogP contribution < -0.4 is 10.2 Å². The zero-order valence-electron chi connectivity index (χ0n) is 13.1. The van der Waals surface area contributed by atoms with Crippen LogP contribution >= 0.6 is 11.6 Å². The van der Waals surface area contributed by atoms with Crippen LogP contribution in [-0.2, 0) is 6.42 Å². The highest BCUT2D eigenvalue weighted by Gasteiger charge is 2.32. The van der Waals surface area contributed by atoms with Crippen molar-refractivity contribution in [2.45, 2.75) is 39.2 Å². The summed E-state index contributed by atoms with van der Waals surface area (Å²) in [7, 11) is 0. The number of hydrogen-bond acceptors (Lipinski definition) is 4. The lowest BCUT2D eigenvalue weighted by Gasteiger charge is -2.38. The molecule has 3 heterocycles. The summed E-state index contributed by atoms with van der Waals surface area (Å²) in [6.45, 7) is 7.23. The Hall–Kier alpha value is -1.56. The smallest absolute Gasteiger partial charge is 0.317 e. The van der Waals surface area contributed by atoms with Crippen molar-refractivity contribution in [3.8, 4) is 0 Å². The summed E-state index contributed by atoms with van der Waals surface area (Å²) in [6, 6.07) is 0.300. The van der Waals surface area contributed by atoms with Crippen molar-refractivity contribution in [3.63, 3.8) is 0 Å². The lowest BCUT2D eigenvalue weighted by Crippen LogP contribution is -2.49. The van der Waals surface area contributed by atoms with Crippen LogP contribution in [0, 0.1) is 6.92 Å². The number of amides is 2. The van der Waals surface area contributed by atoms with E-state index in [1.54, 1.807) is 0 Å². The number of nitrogens with zero attached hydrogens (tertiary/aromatic N) is 4. The van der Waals surface area contributed by atoms with E-state index in [4.69, 9.17) is 11.6 Å². The van der Waals surface area contributed by atoms with Gasteiger partial charge in [0.25, 0.3) is 0 Å². The first-order chi connectivity index (χ1) is 10.6. The second kappa shape index (κ2) is 6.28. The zero-order valence-corrected chi connectivity index (χ0v) is 13.9. The molecule has 1 N–H and O–H groups in total. The molecular weight excluding hydrogens is 302 g/mol. The van der Waals surface area contributed by atoms with Crippen LogP contribution in [0.15, 0.2) is 0 Å². The summed E-state index contributed by atoms with van der Waals surface area (Å²) in [4.78, 5) is 25.0. The minimum Gasteiger partial charge on any atom is -0.354 e. The summed E-state index contributed by atoms with van der Waals surface area (Å²) in [5.74, 6) is 1.63. The Kier molecular flexibility index (Phi) is 4.38. The number of aryl methyl sites for hydroxylation is 1. The van der Waals surface area contributed by atoms with E-state index in [0.29, 0.717) is 11.0 Å². The van der Waals surface area contributed by atoms with E-state index in [0.717, 1.165) is 56.8 Å². The van der Waals surface area contributed by atoms with Gasteiger partial charge in [-0.1, -0.05) is 18.5 Å². The molecule has 2 saturated heterocycles. The number of carbonyl (C=O) groups is 1. The van der Waals surface area contributed by atoms with E-state index in [9.17, 15) is 4.79 Å². The molecule has 7 heteroatoms. The number of anilines is 1. The molecule has 0 saturated carbocycles. The minimum absolute atomic E-state index is 0.0551. The molecule has 1 aromatic rings. The van der Waals surface area contributed by atoms with E-state index >= 15 is 0 Å². The van der Waals surface area contributed by atoms with E-state index in [2.05, 4.69) is 27.1 Å². The van der Waals surface area contributed by atoms with Gasteiger partial charge >= 0.3 is 6.03 Å². The maximum atomic E-state index is 11.9. The van der Waals surface area contributed by atoms with Crippen LogP contribution in [-0.4, -0.2) is 53.1 Å². The Morgan fingerprint density at radius 3 is 2.86 bits per heavy atom. The van der Waals surface area contributed by atoms with Crippen LogP contribution in [0.3, 0.4) is 0 Å². The molecule has 3 rings (SSSR count). The number of hydrogen-bond donors (Lipinski definition) is 1. The van der Waals surface area contributed by atoms with E-state index in [1.165, 1.54) is 0 Å². The number of aromatic nitrogens is 2. The Morgan fingerprint density at radius 1 is 1.36 bits per heavy atom. The maximum Gasteiger partial charge on any atom is 0.317 e. The van der Waals surface area contributed by atoms with Gasteiger partial charge in [0.2, 0.25) is 0 Å². The number of nitrogens with one attached hydrogen (secondary N) is 1. The molecule has 0 unspecified atom stereocenters. The average Bonchev–Trinajstić information content (AvgIpc) is 2.93. The number of halogens is 1. The molecule has 2 aliphatic rings. The fourth-order valence-electron chi connectivity index (χ4n) is 3.35. The molecule has 2 fully saturated rings. The van der Waals surface area contributed by atoms with Crippen LogP contribution in [0.25, 0.3) is 0 Å². The fourth-order valence-corrected chi connectivity index (χ4v) is 3.69. The van der Waals surface area contributed by atoms with Crippen molar-refractivity contribution >= 4 is 23.4 Å². The zero-order chi connectivity index (χ0) is 15.7. The normalized spacial score (nSPS) is 22.1.